The number of amides is 2. The summed E-state index contributed by atoms with van der Waals surface area (Å²) in [7, 11) is 0. The standard InChI is InChI=1S/C23H28N2O5/c1-14(2)18-7-6-15(3)21(12-18)29-13-22(27)30-16(4)23(28)25-20-10-8-19(9-11-20)24-17(5)26/h6-12,14,16H,13H2,1-5H3,(H,24,26)(H,25,28)/t16-/m1/s1. The molecule has 2 aromatic rings. The second kappa shape index (κ2) is 10.4. The quantitative estimate of drug-likeness (QED) is 0.639. The van der Waals surface area contributed by atoms with Crippen molar-refractivity contribution in [1.29, 1.82) is 0 Å². The van der Waals surface area contributed by atoms with E-state index in [1.54, 1.807) is 24.3 Å². The lowest BCUT2D eigenvalue weighted by atomic mass is 10.0. The van der Waals surface area contributed by atoms with Gasteiger partial charge in [0.1, 0.15) is 5.75 Å². The van der Waals surface area contributed by atoms with Crippen molar-refractivity contribution in [1.82, 2.24) is 0 Å². The highest BCUT2D eigenvalue weighted by Gasteiger charge is 2.19. The monoisotopic (exact) mass is 412 g/mol. The normalized spacial score (nSPS) is 11.5. The maximum absolute atomic E-state index is 12.3. The summed E-state index contributed by atoms with van der Waals surface area (Å²) in [5.74, 6) is -0.312. The van der Waals surface area contributed by atoms with Crippen LogP contribution in [0.15, 0.2) is 42.5 Å². The first-order chi connectivity index (χ1) is 14.2. The van der Waals surface area contributed by atoms with Gasteiger partial charge in [0, 0.05) is 18.3 Å². The van der Waals surface area contributed by atoms with Crippen molar-refractivity contribution >= 4 is 29.2 Å². The number of aryl methyl sites for hydroxylation is 1. The average Bonchev–Trinajstić information content (AvgIpc) is 2.68. The van der Waals surface area contributed by atoms with Crippen molar-refractivity contribution in [2.45, 2.75) is 46.6 Å². The number of carbonyl (C=O) groups excluding carboxylic acids is 3. The molecule has 7 heteroatoms. The van der Waals surface area contributed by atoms with Crippen molar-refractivity contribution in [3.8, 4) is 5.75 Å². The highest BCUT2D eigenvalue weighted by molar-refractivity contribution is 5.95. The van der Waals surface area contributed by atoms with E-state index in [1.165, 1.54) is 13.8 Å². The molecule has 0 fully saturated rings. The Labute approximate surface area is 176 Å². The van der Waals surface area contributed by atoms with E-state index in [9.17, 15) is 14.4 Å². The fraction of sp³-hybridized carbons (Fsp3) is 0.348. The number of benzene rings is 2. The Morgan fingerprint density at radius 3 is 2.10 bits per heavy atom. The fourth-order valence-electron chi connectivity index (χ4n) is 2.64. The van der Waals surface area contributed by atoms with Gasteiger partial charge in [0.25, 0.3) is 5.91 Å². The third kappa shape index (κ3) is 6.92. The fourth-order valence-corrected chi connectivity index (χ4v) is 2.64. The van der Waals surface area contributed by atoms with Crippen LogP contribution in [0.25, 0.3) is 0 Å². The summed E-state index contributed by atoms with van der Waals surface area (Å²) < 4.78 is 10.8. The third-order valence-electron chi connectivity index (χ3n) is 4.37. The Bertz CT molecular complexity index is 906. The van der Waals surface area contributed by atoms with E-state index in [-0.39, 0.29) is 12.5 Å². The molecule has 7 nitrogen and oxygen atoms in total. The van der Waals surface area contributed by atoms with Gasteiger partial charge in [-0.2, -0.15) is 0 Å². The number of nitrogens with one attached hydrogen (secondary N) is 2. The molecular formula is C23H28N2O5. The molecule has 0 heterocycles. The first-order valence-electron chi connectivity index (χ1n) is 9.77. The lowest BCUT2D eigenvalue weighted by molar-refractivity contribution is -0.155. The van der Waals surface area contributed by atoms with Crippen LogP contribution in [0.1, 0.15) is 44.7 Å². The molecule has 2 rings (SSSR count). The Balaban J connectivity index is 1.85. The summed E-state index contributed by atoms with van der Waals surface area (Å²) in [6.45, 7) is 8.68. The minimum absolute atomic E-state index is 0.180. The maximum Gasteiger partial charge on any atom is 0.344 e. The molecule has 160 valence electrons. The summed E-state index contributed by atoms with van der Waals surface area (Å²) in [4.78, 5) is 35.4. The molecule has 1 atom stereocenters. The van der Waals surface area contributed by atoms with Crippen molar-refractivity contribution in [2.24, 2.45) is 0 Å². The average molecular weight is 412 g/mol. The van der Waals surface area contributed by atoms with Crippen LogP contribution in [0.5, 0.6) is 5.75 Å². The van der Waals surface area contributed by atoms with E-state index in [2.05, 4.69) is 24.5 Å². The number of hydrogen-bond acceptors (Lipinski definition) is 5. The Kier molecular flexibility index (Phi) is 7.98. The predicted octanol–water partition coefficient (Wildman–Crippen LogP) is 4.03. The Hall–Kier alpha value is -3.35. The van der Waals surface area contributed by atoms with E-state index >= 15 is 0 Å². The van der Waals surface area contributed by atoms with Crippen LogP contribution in [0, 0.1) is 6.92 Å². The van der Waals surface area contributed by atoms with Crippen LogP contribution in [0.2, 0.25) is 0 Å². The molecule has 0 saturated carbocycles. The van der Waals surface area contributed by atoms with E-state index in [0.717, 1.165) is 11.1 Å². The number of hydrogen-bond donors (Lipinski definition) is 2. The zero-order chi connectivity index (χ0) is 22.3. The topological polar surface area (TPSA) is 93.7 Å². The zero-order valence-corrected chi connectivity index (χ0v) is 17.9. The van der Waals surface area contributed by atoms with Gasteiger partial charge >= 0.3 is 5.97 Å². The SMILES string of the molecule is CC(=O)Nc1ccc(NC(=O)[C@@H](C)OC(=O)COc2cc(C(C)C)ccc2C)cc1. The molecule has 2 amide bonds. The third-order valence-corrected chi connectivity index (χ3v) is 4.37. The van der Waals surface area contributed by atoms with E-state index in [1.807, 2.05) is 25.1 Å². The molecule has 0 aromatic heterocycles. The van der Waals surface area contributed by atoms with E-state index in [0.29, 0.717) is 23.0 Å². The number of anilines is 2. The smallest absolute Gasteiger partial charge is 0.344 e. The summed E-state index contributed by atoms with van der Waals surface area (Å²) in [5.41, 5.74) is 3.17. The Morgan fingerprint density at radius 2 is 1.53 bits per heavy atom. The molecule has 2 aromatic carbocycles. The van der Waals surface area contributed by atoms with Gasteiger partial charge in [-0.05, 0) is 61.2 Å². The van der Waals surface area contributed by atoms with Gasteiger partial charge in [0.15, 0.2) is 12.7 Å². The molecule has 0 aliphatic carbocycles. The van der Waals surface area contributed by atoms with Crippen LogP contribution in [0.4, 0.5) is 11.4 Å². The van der Waals surface area contributed by atoms with Gasteiger partial charge in [-0.3, -0.25) is 9.59 Å². The first kappa shape index (κ1) is 22.9. The molecule has 0 unspecified atom stereocenters. The number of carbonyl (C=O) groups is 3. The lowest BCUT2D eigenvalue weighted by Gasteiger charge is -2.15. The molecule has 30 heavy (non-hydrogen) atoms. The number of rotatable bonds is 8. The number of ether oxygens (including phenoxy) is 2. The van der Waals surface area contributed by atoms with Crippen LogP contribution in [-0.2, 0) is 19.1 Å². The van der Waals surface area contributed by atoms with Crippen molar-refractivity contribution in [2.75, 3.05) is 17.2 Å². The van der Waals surface area contributed by atoms with Gasteiger partial charge in [0.05, 0.1) is 0 Å². The largest absolute Gasteiger partial charge is 0.482 e. The molecule has 0 spiro atoms. The minimum Gasteiger partial charge on any atom is -0.482 e. The van der Waals surface area contributed by atoms with Gasteiger partial charge in [-0.15, -0.1) is 0 Å². The summed E-state index contributed by atoms with van der Waals surface area (Å²) in [6, 6.07) is 12.5. The van der Waals surface area contributed by atoms with Crippen LogP contribution in [0.3, 0.4) is 0 Å². The van der Waals surface area contributed by atoms with Crippen molar-refractivity contribution in [3.05, 3.63) is 53.6 Å². The summed E-state index contributed by atoms with van der Waals surface area (Å²) in [6.07, 6.45) is -0.987. The molecule has 0 aliphatic rings. The molecular weight excluding hydrogens is 384 g/mol. The molecule has 0 aliphatic heterocycles. The zero-order valence-electron chi connectivity index (χ0n) is 17.9. The molecule has 0 radical (unpaired) electrons. The minimum atomic E-state index is -0.987. The molecule has 0 bridgehead atoms. The van der Waals surface area contributed by atoms with Crippen LogP contribution >= 0.6 is 0 Å². The first-order valence-corrected chi connectivity index (χ1v) is 9.77. The summed E-state index contributed by atoms with van der Waals surface area (Å²) in [5, 5.41) is 5.30. The van der Waals surface area contributed by atoms with Crippen LogP contribution in [-0.4, -0.2) is 30.5 Å². The molecule has 2 N–H and O–H groups in total. The second-order valence-electron chi connectivity index (χ2n) is 7.35. The number of esters is 1. The second-order valence-corrected chi connectivity index (χ2v) is 7.35. The molecule has 0 saturated heterocycles. The Morgan fingerprint density at radius 1 is 0.933 bits per heavy atom. The predicted molar refractivity (Wildman–Crippen MR) is 116 cm³/mol. The van der Waals surface area contributed by atoms with E-state index < -0.39 is 18.0 Å². The van der Waals surface area contributed by atoms with E-state index in [4.69, 9.17) is 9.47 Å². The highest BCUT2D eigenvalue weighted by atomic mass is 16.6. The summed E-state index contributed by atoms with van der Waals surface area (Å²) >= 11 is 0. The van der Waals surface area contributed by atoms with Gasteiger partial charge in [-0.1, -0.05) is 26.0 Å². The van der Waals surface area contributed by atoms with Gasteiger partial charge in [0.2, 0.25) is 5.91 Å². The van der Waals surface area contributed by atoms with Crippen LogP contribution < -0.4 is 15.4 Å². The highest BCUT2D eigenvalue weighted by Crippen LogP contribution is 2.24. The van der Waals surface area contributed by atoms with Gasteiger partial charge < -0.3 is 20.1 Å². The van der Waals surface area contributed by atoms with Gasteiger partial charge in [-0.25, -0.2) is 4.79 Å². The van der Waals surface area contributed by atoms with Crippen molar-refractivity contribution < 1.29 is 23.9 Å². The van der Waals surface area contributed by atoms with Crippen molar-refractivity contribution in [3.63, 3.8) is 0 Å². The lowest BCUT2D eigenvalue weighted by Crippen LogP contribution is -2.31. The maximum atomic E-state index is 12.3.